The molecule has 2 aliphatic rings. The smallest absolute Gasteiger partial charge is 0.256 e. The summed E-state index contributed by atoms with van der Waals surface area (Å²) in [5, 5.41) is 15.0. The van der Waals surface area contributed by atoms with E-state index in [1.165, 1.54) is 0 Å². The minimum Gasteiger partial charge on any atom is -0.496 e. The van der Waals surface area contributed by atoms with E-state index in [0.29, 0.717) is 23.5 Å². The molecule has 0 radical (unpaired) electrons. The van der Waals surface area contributed by atoms with Crippen molar-refractivity contribution >= 4 is 11.6 Å². The van der Waals surface area contributed by atoms with E-state index in [9.17, 15) is 14.9 Å². The number of benzene rings is 2. The third kappa shape index (κ3) is 2.00. The lowest BCUT2D eigenvalue weighted by molar-refractivity contribution is -0.534. The standard InChI is InChI=1S/C19H19N3O4/c1-21-11-13(12-7-3-6-10-16(12)26-2)17(22(24)25)19(21)14-8-4-5-9-15(14)20-18(19)23/h3-10,13,17H,11H2,1-2H3,(H,20,23)/t13-,17+,19+/m0/s1. The number of rotatable bonds is 3. The summed E-state index contributed by atoms with van der Waals surface area (Å²) in [5.41, 5.74) is 0.715. The predicted octanol–water partition coefficient (Wildman–Crippen LogP) is 2.22. The van der Waals surface area contributed by atoms with Crippen LogP contribution < -0.4 is 10.1 Å². The van der Waals surface area contributed by atoms with Crippen LogP contribution in [0.4, 0.5) is 5.69 Å². The van der Waals surface area contributed by atoms with Gasteiger partial charge in [-0.25, -0.2) is 0 Å². The molecule has 26 heavy (non-hydrogen) atoms. The van der Waals surface area contributed by atoms with Crippen LogP contribution in [0.2, 0.25) is 0 Å². The minimum absolute atomic E-state index is 0.317. The zero-order chi connectivity index (χ0) is 18.5. The highest BCUT2D eigenvalue weighted by molar-refractivity contribution is 6.06. The number of nitrogens with one attached hydrogen (secondary N) is 1. The maximum absolute atomic E-state index is 13.0. The highest BCUT2D eigenvalue weighted by Gasteiger charge is 2.68. The van der Waals surface area contributed by atoms with Crippen LogP contribution in [0.25, 0.3) is 0 Å². The Balaban J connectivity index is 1.93. The fourth-order valence-electron chi connectivity index (χ4n) is 4.53. The van der Waals surface area contributed by atoms with Crippen LogP contribution in [0, 0.1) is 10.1 Å². The van der Waals surface area contributed by atoms with Gasteiger partial charge in [0.1, 0.15) is 5.75 Å². The van der Waals surface area contributed by atoms with Crippen molar-refractivity contribution in [2.45, 2.75) is 17.5 Å². The molecule has 1 N–H and O–H groups in total. The number of anilines is 1. The fraction of sp³-hybridized carbons (Fsp3) is 0.316. The molecule has 2 aromatic rings. The molecule has 1 saturated heterocycles. The molecule has 0 bridgehead atoms. The van der Waals surface area contributed by atoms with Crippen LogP contribution in [-0.4, -0.2) is 42.5 Å². The van der Waals surface area contributed by atoms with E-state index in [0.717, 1.165) is 5.56 Å². The Bertz CT molecular complexity index is 900. The number of likely N-dealkylation sites (N-methyl/N-ethyl adjacent to an activating group) is 1. The summed E-state index contributed by atoms with van der Waals surface area (Å²) in [6.07, 6.45) is 0. The van der Waals surface area contributed by atoms with Crippen LogP contribution in [0.1, 0.15) is 17.0 Å². The summed E-state index contributed by atoms with van der Waals surface area (Å²) in [5.74, 6) is -0.218. The molecule has 2 aromatic carbocycles. The monoisotopic (exact) mass is 353 g/mol. The zero-order valence-electron chi connectivity index (χ0n) is 14.5. The molecule has 0 saturated carbocycles. The van der Waals surface area contributed by atoms with Gasteiger partial charge < -0.3 is 10.1 Å². The Morgan fingerprint density at radius 3 is 2.65 bits per heavy atom. The average Bonchev–Trinajstić information content (AvgIpc) is 3.11. The van der Waals surface area contributed by atoms with Gasteiger partial charge in [0.05, 0.1) is 13.0 Å². The lowest BCUT2D eigenvalue weighted by Gasteiger charge is -2.30. The summed E-state index contributed by atoms with van der Waals surface area (Å²) in [7, 11) is 3.32. The molecule has 2 heterocycles. The first-order chi connectivity index (χ1) is 12.5. The molecule has 7 nitrogen and oxygen atoms in total. The first-order valence-corrected chi connectivity index (χ1v) is 8.40. The summed E-state index contributed by atoms with van der Waals surface area (Å²) >= 11 is 0. The van der Waals surface area contributed by atoms with Gasteiger partial charge in [0.25, 0.3) is 11.9 Å². The second-order valence-corrected chi connectivity index (χ2v) is 6.73. The normalized spacial score (nSPS) is 27.4. The van der Waals surface area contributed by atoms with E-state index in [1.807, 2.05) is 30.3 Å². The Morgan fingerprint density at radius 2 is 1.92 bits per heavy atom. The molecule has 1 spiro atoms. The Morgan fingerprint density at radius 1 is 1.23 bits per heavy atom. The number of carbonyl (C=O) groups excluding carboxylic acids is 1. The second-order valence-electron chi connectivity index (χ2n) is 6.73. The number of para-hydroxylation sites is 2. The van der Waals surface area contributed by atoms with Crippen molar-refractivity contribution in [2.24, 2.45) is 0 Å². The van der Waals surface area contributed by atoms with Crippen molar-refractivity contribution in [3.05, 3.63) is 69.8 Å². The van der Waals surface area contributed by atoms with Crippen LogP contribution in [-0.2, 0) is 10.3 Å². The summed E-state index contributed by atoms with van der Waals surface area (Å²) in [6.45, 7) is 0.383. The third-order valence-corrected chi connectivity index (χ3v) is 5.58. The van der Waals surface area contributed by atoms with Gasteiger partial charge in [-0.05, 0) is 19.2 Å². The number of nitrogens with zero attached hydrogens (tertiary/aromatic N) is 2. The number of carbonyl (C=O) groups is 1. The number of hydrogen-bond acceptors (Lipinski definition) is 5. The van der Waals surface area contributed by atoms with Gasteiger partial charge >= 0.3 is 0 Å². The molecule has 134 valence electrons. The van der Waals surface area contributed by atoms with Crippen LogP contribution >= 0.6 is 0 Å². The van der Waals surface area contributed by atoms with Gasteiger partial charge in [0.15, 0.2) is 5.54 Å². The van der Waals surface area contributed by atoms with Gasteiger partial charge in [0.2, 0.25) is 0 Å². The van der Waals surface area contributed by atoms with E-state index >= 15 is 0 Å². The van der Waals surface area contributed by atoms with Crippen molar-refractivity contribution in [2.75, 3.05) is 26.0 Å². The predicted molar refractivity (Wildman–Crippen MR) is 95.9 cm³/mol. The average molecular weight is 353 g/mol. The first-order valence-electron chi connectivity index (χ1n) is 8.40. The first kappa shape index (κ1) is 16.5. The van der Waals surface area contributed by atoms with Crippen molar-refractivity contribution in [3.8, 4) is 5.75 Å². The Hall–Kier alpha value is -2.93. The van der Waals surface area contributed by atoms with Gasteiger partial charge in [-0.1, -0.05) is 36.4 Å². The number of amides is 1. The number of methoxy groups -OCH3 is 1. The lowest BCUT2D eigenvalue weighted by atomic mass is 9.79. The Kier molecular flexibility index (Phi) is 3.69. The highest BCUT2D eigenvalue weighted by atomic mass is 16.6. The number of nitro groups is 1. The fourth-order valence-corrected chi connectivity index (χ4v) is 4.53. The topological polar surface area (TPSA) is 84.7 Å². The van der Waals surface area contributed by atoms with Gasteiger partial charge in [-0.15, -0.1) is 0 Å². The number of ether oxygens (including phenoxy) is 1. The van der Waals surface area contributed by atoms with Gasteiger partial charge in [-0.2, -0.15) is 0 Å². The van der Waals surface area contributed by atoms with E-state index in [1.54, 1.807) is 37.3 Å². The minimum atomic E-state index is -1.33. The zero-order valence-corrected chi connectivity index (χ0v) is 14.5. The van der Waals surface area contributed by atoms with Crippen LogP contribution in [0.3, 0.4) is 0 Å². The van der Waals surface area contributed by atoms with E-state index in [2.05, 4.69) is 5.32 Å². The van der Waals surface area contributed by atoms with E-state index in [4.69, 9.17) is 4.74 Å². The summed E-state index contributed by atoms with van der Waals surface area (Å²) in [6, 6.07) is 13.4. The van der Waals surface area contributed by atoms with E-state index < -0.39 is 17.5 Å². The van der Waals surface area contributed by atoms with E-state index in [-0.39, 0.29) is 10.8 Å². The van der Waals surface area contributed by atoms with Gasteiger partial charge in [-0.3, -0.25) is 19.8 Å². The second kappa shape index (κ2) is 5.81. The number of fused-ring (bicyclic) bond motifs is 2. The molecule has 1 fully saturated rings. The molecule has 0 unspecified atom stereocenters. The molecule has 0 aromatic heterocycles. The largest absolute Gasteiger partial charge is 0.496 e. The summed E-state index contributed by atoms with van der Waals surface area (Å²) < 4.78 is 5.43. The van der Waals surface area contributed by atoms with Crippen molar-refractivity contribution in [1.82, 2.24) is 4.90 Å². The Labute approximate surface area is 150 Å². The number of likely N-dealkylation sites (tertiary alicyclic amines) is 1. The molecular weight excluding hydrogens is 334 g/mol. The van der Waals surface area contributed by atoms with Crippen LogP contribution in [0.5, 0.6) is 5.75 Å². The highest BCUT2D eigenvalue weighted by Crippen LogP contribution is 2.52. The van der Waals surface area contributed by atoms with Crippen molar-refractivity contribution in [1.29, 1.82) is 0 Å². The molecular formula is C19H19N3O4. The molecule has 7 heteroatoms. The molecule has 4 rings (SSSR count). The van der Waals surface area contributed by atoms with Gasteiger partial charge in [0, 0.05) is 28.3 Å². The molecule has 1 amide bonds. The maximum atomic E-state index is 13.0. The van der Waals surface area contributed by atoms with Crippen molar-refractivity contribution in [3.63, 3.8) is 0 Å². The molecule has 3 atom stereocenters. The summed E-state index contributed by atoms with van der Waals surface area (Å²) in [4.78, 5) is 26.7. The quantitative estimate of drug-likeness (QED) is 0.676. The van der Waals surface area contributed by atoms with Crippen molar-refractivity contribution < 1.29 is 14.5 Å². The van der Waals surface area contributed by atoms with Crippen LogP contribution in [0.15, 0.2) is 48.5 Å². The SMILES string of the molecule is COc1ccccc1[C@@H]1CN(C)[C@@]2(C(=O)Nc3ccccc32)[C@@H]1[N+](=O)[O-]. The molecule has 2 aliphatic heterocycles. The molecule has 0 aliphatic carbocycles. The third-order valence-electron chi connectivity index (χ3n) is 5.58. The number of hydrogen-bond donors (Lipinski definition) is 1. The lowest BCUT2D eigenvalue weighted by Crippen LogP contribution is -2.54. The maximum Gasteiger partial charge on any atom is 0.256 e.